The lowest BCUT2D eigenvalue weighted by Crippen LogP contribution is -2.07. The van der Waals surface area contributed by atoms with E-state index in [-0.39, 0.29) is 17.7 Å². The maximum atomic E-state index is 13.2. The summed E-state index contributed by atoms with van der Waals surface area (Å²) in [6, 6.07) is 2.35. The Balaban J connectivity index is 3.14. The van der Waals surface area contributed by atoms with Gasteiger partial charge in [0.25, 0.3) is 0 Å². The molecule has 0 atom stereocenters. The maximum absolute atomic E-state index is 13.2. The van der Waals surface area contributed by atoms with Gasteiger partial charge in [-0.15, -0.1) is 0 Å². The Bertz CT molecular complexity index is 415. The highest BCUT2D eigenvalue weighted by Crippen LogP contribution is 2.22. The van der Waals surface area contributed by atoms with Gasteiger partial charge in [0.2, 0.25) is 0 Å². The molecule has 0 saturated heterocycles. The Labute approximate surface area is 92.0 Å². The normalized spacial score (nSPS) is 9.69. The second kappa shape index (κ2) is 5.25. The molecule has 0 aliphatic carbocycles. The number of benzene rings is 1. The first kappa shape index (κ1) is 12.2. The van der Waals surface area contributed by atoms with Crippen molar-refractivity contribution in [1.29, 1.82) is 0 Å². The molecule has 0 bridgehead atoms. The Kier molecular flexibility index (Phi) is 3.99. The molecule has 1 aromatic carbocycles. The molecule has 0 saturated carbocycles. The molecule has 0 aliphatic heterocycles. The molecule has 5 heteroatoms. The fourth-order valence-corrected chi connectivity index (χ4v) is 1.27. The quantitative estimate of drug-likeness (QED) is 0.574. The van der Waals surface area contributed by atoms with Crippen LogP contribution in [0.1, 0.15) is 15.9 Å². The summed E-state index contributed by atoms with van der Waals surface area (Å²) in [5.74, 6) is -0.948. The molecule has 0 amide bonds. The lowest BCUT2D eigenvalue weighted by Gasteiger charge is -2.08. The zero-order chi connectivity index (χ0) is 12.1. The molecule has 0 N–H and O–H groups in total. The lowest BCUT2D eigenvalue weighted by molar-refractivity contribution is -0.139. The monoisotopic (exact) mass is 226 g/mol. The second-order valence-electron chi connectivity index (χ2n) is 3.06. The van der Waals surface area contributed by atoms with Crippen LogP contribution in [0.4, 0.5) is 4.39 Å². The lowest BCUT2D eigenvalue weighted by atomic mass is 10.1. The number of esters is 1. The average Bonchev–Trinajstić information content (AvgIpc) is 2.30. The van der Waals surface area contributed by atoms with Crippen LogP contribution in [0.25, 0.3) is 0 Å². The first-order valence-corrected chi connectivity index (χ1v) is 4.50. The summed E-state index contributed by atoms with van der Waals surface area (Å²) < 4.78 is 22.6. The van der Waals surface area contributed by atoms with E-state index in [4.69, 9.17) is 4.74 Å². The van der Waals surface area contributed by atoms with Crippen LogP contribution in [0.2, 0.25) is 0 Å². The zero-order valence-electron chi connectivity index (χ0n) is 8.95. The Morgan fingerprint density at radius 2 is 2.12 bits per heavy atom. The van der Waals surface area contributed by atoms with Gasteiger partial charge in [-0.1, -0.05) is 0 Å². The highest BCUT2D eigenvalue weighted by Gasteiger charge is 2.13. The number of aldehydes is 1. The van der Waals surface area contributed by atoms with E-state index in [9.17, 15) is 14.0 Å². The Hall–Kier alpha value is -1.91. The van der Waals surface area contributed by atoms with Crippen LogP contribution in [0.15, 0.2) is 12.1 Å². The van der Waals surface area contributed by atoms with Crippen molar-refractivity contribution in [2.45, 2.75) is 6.42 Å². The number of carbonyl (C=O) groups excluding carboxylic acids is 2. The van der Waals surface area contributed by atoms with E-state index >= 15 is 0 Å². The minimum Gasteiger partial charge on any atom is -0.496 e. The van der Waals surface area contributed by atoms with Crippen molar-refractivity contribution in [2.75, 3.05) is 14.2 Å². The summed E-state index contributed by atoms with van der Waals surface area (Å²) in [6.45, 7) is 0. The molecule has 1 aromatic rings. The summed E-state index contributed by atoms with van der Waals surface area (Å²) in [4.78, 5) is 21.6. The predicted octanol–water partition coefficient (Wildman–Crippen LogP) is 1.36. The molecule has 16 heavy (non-hydrogen) atoms. The minimum atomic E-state index is -0.680. The van der Waals surface area contributed by atoms with Crippen LogP contribution < -0.4 is 4.74 Å². The number of halogens is 1. The van der Waals surface area contributed by atoms with Crippen molar-refractivity contribution in [3.8, 4) is 5.75 Å². The van der Waals surface area contributed by atoms with E-state index in [0.717, 1.165) is 6.07 Å². The van der Waals surface area contributed by atoms with Gasteiger partial charge in [0, 0.05) is 11.6 Å². The van der Waals surface area contributed by atoms with Crippen molar-refractivity contribution in [1.82, 2.24) is 0 Å². The topological polar surface area (TPSA) is 52.6 Å². The van der Waals surface area contributed by atoms with E-state index in [0.29, 0.717) is 11.8 Å². The average molecular weight is 226 g/mol. The third-order valence-electron chi connectivity index (χ3n) is 2.09. The van der Waals surface area contributed by atoms with Crippen LogP contribution in [-0.2, 0) is 16.0 Å². The fraction of sp³-hybridized carbons (Fsp3) is 0.273. The summed E-state index contributed by atoms with van der Waals surface area (Å²) >= 11 is 0. The number of hydrogen-bond donors (Lipinski definition) is 0. The molecule has 0 aliphatic rings. The second-order valence-corrected chi connectivity index (χ2v) is 3.06. The summed E-state index contributed by atoms with van der Waals surface area (Å²) in [7, 11) is 2.61. The molecule has 0 spiro atoms. The van der Waals surface area contributed by atoms with Gasteiger partial charge in [-0.2, -0.15) is 0 Å². The molecule has 4 nitrogen and oxygen atoms in total. The van der Waals surface area contributed by atoms with Gasteiger partial charge in [-0.3, -0.25) is 9.59 Å². The number of ether oxygens (including phenoxy) is 2. The van der Waals surface area contributed by atoms with Gasteiger partial charge in [-0.05, 0) is 6.07 Å². The van der Waals surface area contributed by atoms with Crippen molar-refractivity contribution >= 4 is 12.3 Å². The molecule has 1 rings (SSSR count). The van der Waals surface area contributed by atoms with Crippen molar-refractivity contribution in [3.63, 3.8) is 0 Å². The van der Waals surface area contributed by atoms with E-state index < -0.39 is 11.8 Å². The molecular formula is C11H11FO4. The van der Waals surface area contributed by atoms with Gasteiger partial charge >= 0.3 is 5.97 Å². The Morgan fingerprint density at radius 1 is 1.44 bits per heavy atom. The standard InChI is InChI=1S/C11H11FO4/c1-15-10-5-9(12)8(6-13)3-7(10)4-11(14)16-2/h3,5-6H,4H2,1-2H3. The van der Waals surface area contributed by atoms with Crippen molar-refractivity contribution in [3.05, 3.63) is 29.1 Å². The molecule has 0 radical (unpaired) electrons. The van der Waals surface area contributed by atoms with Crippen LogP contribution in [0.5, 0.6) is 5.75 Å². The predicted molar refractivity (Wildman–Crippen MR) is 54.1 cm³/mol. The SMILES string of the molecule is COC(=O)Cc1cc(C=O)c(F)cc1OC. The first-order valence-electron chi connectivity index (χ1n) is 4.50. The van der Waals surface area contributed by atoms with Crippen LogP contribution in [0.3, 0.4) is 0 Å². The molecular weight excluding hydrogens is 215 g/mol. The highest BCUT2D eigenvalue weighted by molar-refractivity contribution is 5.79. The van der Waals surface area contributed by atoms with Crippen LogP contribution in [-0.4, -0.2) is 26.5 Å². The minimum absolute atomic E-state index is 0.0687. The summed E-state index contributed by atoms with van der Waals surface area (Å²) in [6.07, 6.45) is 0.316. The fourth-order valence-electron chi connectivity index (χ4n) is 1.27. The van der Waals surface area contributed by atoms with Crippen molar-refractivity contribution < 1.29 is 23.5 Å². The largest absolute Gasteiger partial charge is 0.496 e. The molecule has 0 fully saturated rings. The molecule has 0 aromatic heterocycles. The van der Waals surface area contributed by atoms with Gasteiger partial charge in [-0.25, -0.2) is 4.39 Å². The molecule has 0 unspecified atom stereocenters. The van der Waals surface area contributed by atoms with Crippen LogP contribution >= 0.6 is 0 Å². The third kappa shape index (κ3) is 2.56. The number of methoxy groups -OCH3 is 2. The smallest absolute Gasteiger partial charge is 0.310 e. The van der Waals surface area contributed by atoms with Gasteiger partial charge in [0.15, 0.2) is 6.29 Å². The maximum Gasteiger partial charge on any atom is 0.310 e. The number of carbonyl (C=O) groups is 2. The zero-order valence-corrected chi connectivity index (χ0v) is 8.95. The van der Waals surface area contributed by atoms with Crippen LogP contribution in [0, 0.1) is 5.82 Å². The molecule has 0 heterocycles. The first-order chi connectivity index (χ1) is 7.62. The number of rotatable bonds is 4. The van der Waals surface area contributed by atoms with Gasteiger partial charge in [0.1, 0.15) is 11.6 Å². The van der Waals surface area contributed by atoms with E-state index in [2.05, 4.69) is 4.74 Å². The highest BCUT2D eigenvalue weighted by atomic mass is 19.1. The Morgan fingerprint density at radius 3 is 2.62 bits per heavy atom. The van der Waals surface area contributed by atoms with Gasteiger partial charge < -0.3 is 9.47 Å². The molecule has 86 valence electrons. The van der Waals surface area contributed by atoms with E-state index in [1.165, 1.54) is 20.3 Å². The summed E-state index contributed by atoms with van der Waals surface area (Å²) in [5, 5.41) is 0. The van der Waals surface area contributed by atoms with E-state index in [1.54, 1.807) is 0 Å². The van der Waals surface area contributed by atoms with Crippen molar-refractivity contribution in [2.24, 2.45) is 0 Å². The van der Waals surface area contributed by atoms with E-state index in [1.807, 2.05) is 0 Å². The third-order valence-corrected chi connectivity index (χ3v) is 2.09. The van der Waals surface area contributed by atoms with Gasteiger partial charge in [0.05, 0.1) is 26.2 Å². The summed E-state index contributed by atoms with van der Waals surface area (Å²) in [5.41, 5.74) is 0.303. The number of hydrogen-bond acceptors (Lipinski definition) is 4.